The zero-order chi connectivity index (χ0) is 12.3. The summed E-state index contributed by atoms with van der Waals surface area (Å²) in [5, 5.41) is 14.5. The van der Waals surface area contributed by atoms with Crippen molar-refractivity contribution in [3.05, 3.63) is 46.0 Å². The molecule has 4 nitrogen and oxygen atoms in total. The number of rotatable bonds is 3. The van der Waals surface area contributed by atoms with E-state index in [0.29, 0.717) is 12.5 Å². The molecular weight excluding hydrogens is 216 g/mol. The Bertz CT molecular complexity index is 380. The Labute approximate surface area is 101 Å². The van der Waals surface area contributed by atoms with E-state index < -0.39 is 6.04 Å². The fourth-order valence-electron chi connectivity index (χ4n) is 2.51. The van der Waals surface area contributed by atoms with Crippen LogP contribution >= 0.6 is 0 Å². The lowest BCUT2D eigenvalue weighted by Crippen LogP contribution is -2.47. The first-order valence-corrected chi connectivity index (χ1v) is 6.17. The minimum absolute atomic E-state index is 0.142. The maximum absolute atomic E-state index is 11.1. The standard InChI is InChI=1S/C13H18N2O2/c1-2-11-8-9-12(15(16)17)13(14-11)10-6-4-3-5-7-10/h3-7,11-14H,2,8-9H2,1H3/t11-,12+,13-/m0/s1. The Morgan fingerprint density at radius 2 is 2.06 bits per heavy atom. The van der Waals surface area contributed by atoms with E-state index in [9.17, 15) is 10.1 Å². The number of hydrogen-bond donors (Lipinski definition) is 1. The molecule has 17 heavy (non-hydrogen) atoms. The van der Waals surface area contributed by atoms with Gasteiger partial charge in [-0.25, -0.2) is 0 Å². The fourth-order valence-corrected chi connectivity index (χ4v) is 2.51. The number of nitrogens with zero attached hydrogens (tertiary/aromatic N) is 1. The molecular formula is C13H18N2O2. The van der Waals surface area contributed by atoms with Gasteiger partial charge in [0.05, 0.1) is 0 Å². The Kier molecular flexibility index (Phi) is 3.74. The molecule has 0 aliphatic carbocycles. The third-order valence-corrected chi connectivity index (χ3v) is 3.53. The third kappa shape index (κ3) is 2.64. The van der Waals surface area contributed by atoms with Crippen molar-refractivity contribution in [2.24, 2.45) is 0 Å². The highest BCUT2D eigenvalue weighted by Gasteiger charge is 2.37. The quantitative estimate of drug-likeness (QED) is 0.646. The van der Waals surface area contributed by atoms with Gasteiger partial charge in [-0.2, -0.15) is 0 Å². The van der Waals surface area contributed by atoms with E-state index in [2.05, 4.69) is 12.2 Å². The van der Waals surface area contributed by atoms with E-state index in [-0.39, 0.29) is 11.0 Å². The molecule has 3 atom stereocenters. The van der Waals surface area contributed by atoms with Crippen LogP contribution in [0.5, 0.6) is 0 Å². The SMILES string of the molecule is CC[C@H]1CC[C@@H]([N+](=O)[O-])[C@H](c2ccccc2)N1. The van der Waals surface area contributed by atoms with Crippen LogP contribution in [0, 0.1) is 10.1 Å². The lowest BCUT2D eigenvalue weighted by Gasteiger charge is -2.32. The molecule has 0 radical (unpaired) electrons. The van der Waals surface area contributed by atoms with E-state index in [1.165, 1.54) is 0 Å². The van der Waals surface area contributed by atoms with E-state index in [1.807, 2.05) is 30.3 Å². The zero-order valence-corrected chi connectivity index (χ0v) is 10.0. The predicted molar refractivity (Wildman–Crippen MR) is 66.4 cm³/mol. The summed E-state index contributed by atoms with van der Waals surface area (Å²) >= 11 is 0. The van der Waals surface area contributed by atoms with Crippen LogP contribution in [0.1, 0.15) is 37.8 Å². The summed E-state index contributed by atoms with van der Waals surface area (Å²) in [6.45, 7) is 2.12. The van der Waals surface area contributed by atoms with Crippen molar-refractivity contribution in [1.82, 2.24) is 5.32 Å². The van der Waals surface area contributed by atoms with Crippen LogP contribution in [-0.4, -0.2) is 17.0 Å². The van der Waals surface area contributed by atoms with Gasteiger partial charge in [0.25, 0.3) is 0 Å². The minimum Gasteiger partial charge on any atom is -0.301 e. The lowest BCUT2D eigenvalue weighted by atomic mass is 9.88. The zero-order valence-electron chi connectivity index (χ0n) is 10.0. The van der Waals surface area contributed by atoms with Gasteiger partial charge >= 0.3 is 0 Å². The van der Waals surface area contributed by atoms with Gasteiger partial charge in [0.15, 0.2) is 0 Å². The van der Waals surface area contributed by atoms with Crippen LogP contribution in [0.15, 0.2) is 30.3 Å². The van der Waals surface area contributed by atoms with E-state index in [4.69, 9.17) is 0 Å². The molecule has 1 aliphatic heterocycles. The highest BCUT2D eigenvalue weighted by Crippen LogP contribution is 2.28. The fraction of sp³-hybridized carbons (Fsp3) is 0.538. The van der Waals surface area contributed by atoms with Gasteiger partial charge in [-0.3, -0.25) is 10.1 Å². The third-order valence-electron chi connectivity index (χ3n) is 3.53. The van der Waals surface area contributed by atoms with Gasteiger partial charge in [-0.05, 0) is 18.4 Å². The van der Waals surface area contributed by atoms with Crippen LogP contribution in [0.25, 0.3) is 0 Å². The molecule has 0 amide bonds. The van der Waals surface area contributed by atoms with Crippen LogP contribution in [0.3, 0.4) is 0 Å². The minimum atomic E-state index is -0.500. The summed E-state index contributed by atoms with van der Waals surface area (Å²) in [5.41, 5.74) is 1.02. The van der Waals surface area contributed by atoms with Gasteiger partial charge in [0, 0.05) is 17.4 Å². The van der Waals surface area contributed by atoms with Gasteiger partial charge < -0.3 is 5.32 Å². The smallest absolute Gasteiger partial charge is 0.232 e. The molecule has 1 fully saturated rings. The highest BCUT2D eigenvalue weighted by atomic mass is 16.6. The summed E-state index contributed by atoms with van der Waals surface area (Å²) in [6.07, 6.45) is 2.58. The monoisotopic (exact) mass is 234 g/mol. The first-order valence-electron chi connectivity index (χ1n) is 6.17. The van der Waals surface area contributed by atoms with E-state index in [0.717, 1.165) is 18.4 Å². The van der Waals surface area contributed by atoms with Gasteiger partial charge in [-0.15, -0.1) is 0 Å². The molecule has 0 aromatic heterocycles. The Hall–Kier alpha value is -1.42. The topological polar surface area (TPSA) is 55.2 Å². The Morgan fingerprint density at radius 1 is 1.35 bits per heavy atom. The average molecular weight is 234 g/mol. The number of nitrogens with one attached hydrogen (secondary N) is 1. The first-order chi connectivity index (χ1) is 8.22. The molecule has 0 bridgehead atoms. The molecule has 1 saturated heterocycles. The summed E-state index contributed by atoms with van der Waals surface area (Å²) in [4.78, 5) is 11.0. The van der Waals surface area contributed by atoms with Crippen molar-refractivity contribution in [3.63, 3.8) is 0 Å². The molecule has 1 aromatic carbocycles. The second-order valence-electron chi connectivity index (χ2n) is 4.59. The number of piperidine rings is 1. The maximum atomic E-state index is 11.1. The van der Waals surface area contributed by atoms with Crippen molar-refractivity contribution in [1.29, 1.82) is 0 Å². The van der Waals surface area contributed by atoms with Gasteiger partial charge in [0.1, 0.15) is 6.04 Å². The normalized spacial score (nSPS) is 28.9. The number of nitro groups is 1. The number of hydrogen-bond acceptors (Lipinski definition) is 3. The van der Waals surface area contributed by atoms with Gasteiger partial charge in [0.2, 0.25) is 6.04 Å². The van der Waals surface area contributed by atoms with Crippen molar-refractivity contribution < 1.29 is 4.92 Å². The van der Waals surface area contributed by atoms with Gasteiger partial charge in [-0.1, -0.05) is 37.3 Å². The molecule has 92 valence electrons. The Morgan fingerprint density at radius 3 is 2.65 bits per heavy atom. The maximum Gasteiger partial charge on any atom is 0.232 e. The van der Waals surface area contributed by atoms with E-state index >= 15 is 0 Å². The summed E-state index contributed by atoms with van der Waals surface area (Å²) in [6, 6.07) is 9.48. The second-order valence-corrected chi connectivity index (χ2v) is 4.59. The van der Waals surface area contributed by atoms with Crippen molar-refractivity contribution >= 4 is 0 Å². The van der Waals surface area contributed by atoms with Crippen LogP contribution < -0.4 is 5.32 Å². The largest absolute Gasteiger partial charge is 0.301 e. The molecule has 0 spiro atoms. The second kappa shape index (κ2) is 5.27. The molecule has 1 aliphatic rings. The molecule has 2 rings (SSSR count). The molecule has 0 unspecified atom stereocenters. The van der Waals surface area contributed by atoms with Crippen LogP contribution in [-0.2, 0) is 0 Å². The summed E-state index contributed by atoms with van der Waals surface area (Å²) in [5.74, 6) is 0. The molecule has 0 saturated carbocycles. The van der Waals surface area contributed by atoms with E-state index in [1.54, 1.807) is 0 Å². The highest BCUT2D eigenvalue weighted by molar-refractivity contribution is 5.21. The molecule has 1 heterocycles. The number of benzene rings is 1. The van der Waals surface area contributed by atoms with Crippen LogP contribution in [0.2, 0.25) is 0 Å². The average Bonchev–Trinajstić information content (AvgIpc) is 2.39. The van der Waals surface area contributed by atoms with Crippen molar-refractivity contribution in [3.8, 4) is 0 Å². The Balaban J connectivity index is 2.22. The van der Waals surface area contributed by atoms with Crippen molar-refractivity contribution in [2.45, 2.75) is 44.3 Å². The summed E-state index contributed by atoms with van der Waals surface area (Å²) in [7, 11) is 0. The van der Waals surface area contributed by atoms with Crippen molar-refractivity contribution in [2.75, 3.05) is 0 Å². The molecule has 1 aromatic rings. The molecule has 1 N–H and O–H groups in total. The molecule has 4 heteroatoms. The first kappa shape index (κ1) is 12.0. The van der Waals surface area contributed by atoms with Crippen LogP contribution in [0.4, 0.5) is 0 Å². The predicted octanol–water partition coefficient (Wildman–Crippen LogP) is 2.54. The summed E-state index contributed by atoms with van der Waals surface area (Å²) < 4.78 is 0. The lowest BCUT2D eigenvalue weighted by molar-refractivity contribution is -0.531.